The van der Waals surface area contributed by atoms with Crippen LogP contribution in [-0.2, 0) is 0 Å². The summed E-state index contributed by atoms with van der Waals surface area (Å²) in [4.78, 5) is 12.5. The number of nitrogens with zero attached hydrogens (tertiary/aromatic N) is 3. The molecule has 3 aromatic heterocycles. The minimum absolute atomic E-state index is 0.712. The minimum atomic E-state index is 0.712. The fourth-order valence-corrected chi connectivity index (χ4v) is 3.89. The summed E-state index contributed by atoms with van der Waals surface area (Å²) in [5.74, 6) is 0.712. The van der Waals surface area contributed by atoms with Crippen molar-refractivity contribution in [3.8, 4) is 11.5 Å². The lowest BCUT2D eigenvalue weighted by Crippen LogP contribution is -2.25. The number of nitrogens with one attached hydrogen (secondary N) is 3. The first-order valence-corrected chi connectivity index (χ1v) is 10.7. The summed E-state index contributed by atoms with van der Waals surface area (Å²) in [6, 6.07) is 3.94. The van der Waals surface area contributed by atoms with Gasteiger partial charge in [0.25, 0.3) is 0 Å². The molecule has 3 aromatic rings. The van der Waals surface area contributed by atoms with Crippen molar-refractivity contribution >= 4 is 17.7 Å². The van der Waals surface area contributed by atoms with E-state index in [2.05, 4.69) is 50.8 Å². The van der Waals surface area contributed by atoms with Crippen LogP contribution in [0.2, 0.25) is 0 Å². The molecule has 1 aliphatic rings. The van der Waals surface area contributed by atoms with E-state index in [-0.39, 0.29) is 0 Å². The molecule has 0 fully saturated rings. The van der Waals surface area contributed by atoms with Gasteiger partial charge in [0.2, 0.25) is 0 Å². The van der Waals surface area contributed by atoms with Crippen molar-refractivity contribution in [1.82, 2.24) is 30.5 Å². The summed E-state index contributed by atoms with van der Waals surface area (Å²) in [5, 5.41) is 13.0. The van der Waals surface area contributed by atoms with Crippen molar-refractivity contribution in [2.75, 3.05) is 13.1 Å². The van der Waals surface area contributed by atoms with E-state index in [4.69, 9.17) is 4.98 Å². The van der Waals surface area contributed by atoms with Gasteiger partial charge in [-0.3, -0.25) is 10.1 Å². The highest BCUT2D eigenvalue weighted by molar-refractivity contribution is 5.81. The van der Waals surface area contributed by atoms with Gasteiger partial charge in [-0.2, -0.15) is 5.10 Å². The molecule has 0 atom stereocenters. The molecule has 6 nitrogen and oxygen atoms in total. The molecular formula is C26H28N6. The van der Waals surface area contributed by atoms with Crippen LogP contribution in [0.5, 0.6) is 0 Å². The van der Waals surface area contributed by atoms with Gasteiger partial charge in [0.15, 0.2) is 5.82 Å². The minimum Gasteiger partial charge on any atom is -0.340 e. The Hall–Kier alpha value is -3.77. The van der Waals surface area contributed by atoms with E-state index in [0.29, 0.717) is 5.82 Å². The first-order valence-electron chi connectivity index (χ1n) is 10.7. The van der Waals surface area contributed by atoms with Crippen molar-refractivity contribution in [2.45, 2.75) is 20.3 Å². The van der Waals surface area contributed by atoms with Crippen LogP contribution in [0.4, 0.5) is 0 Å². The summed E-state index contributed by atoms with van der Waals surface area (Å²) in [6.45, 7) is 14.1. The Bertz CT molecular complexity index is 1320. The zero-order valence-corrected chi connectivity index (χ0v) is 18.6. The Morgan fingerprint density at radius 1 is 1.22 bits per heavy atom. The zero-order chi connectivity index (χ0) is 22.5. The number of aryl methyl sites for hydroxylation is 1. The SMILES string of the molecule is C=C/C=C(/c1ccncc1)c1nc(-c2n[nH]c(=C/C)/c2=C\C(=C)C2=CCNCC2)[nH]c1C. The van der Waals surface area contributed by atoms with Crippen LogP contribution < -0.4 is 15.9 Å². The topological polar surface area (TPSA) is 82.3 Å². The van der Waals surface area contributed by atoms with Crippen LogP contribution in [-0.4, -0.2) is 38.2 Å². The van der Waals surface area contributed by atoms with Crippen LogP contribution >= 0.6 is 0 Å². The maximum Gasteiger partial charge on any atom is 0.159 e. The molecule has 0 unspecified atom stereocenters. The Balaban J connectivity index is 1.81. The summed E-state index contributed by atoms with van der Waals surface area (Å²) < 4.78 is 0. The van der Waals surface area contributed by atoms with Crippen molar-refractivity contribution in [1.29, 1.82) is 0 Å². The Kier molecular flexibility index (Phi) is 6.42. The molecule has 0 spiro atoms. The fourth-order valence-electron chi connectivity index (χ4n) is 3.89. The predicted molar refractivity (Wildman–Crippen MR) is 131 cm³/mol. The number of pyridine rings is 1. The van der Waals surface area contributed by atoms with Crippen LogP contribution in [0.1, 0.15) is 30.3 Å². The number of hydrogen-bond donors (Lipinski definition) is 3. The van der Waals surface area contributed by atoms with Gasteiger partial charge in [0, 0.05) is 35.4 Å². The molecule has 3 N–H and O–H groups in total. The lowest BCUT2D eigenvalue weighted by molar-refractivity contribution is 0.710. The van der Waals surface area contributed by atoms with E-state index in [0.717, 1.165) is 63.9 Å². The number of aromatic amines is 2. The molecule has 0 aromatic carbocycles. The van der Waals surface area contributed by atoms with Crippen LogP contribution in [0, 0.1) is 6.92 Å². The number of aromatic nitrogens is 5. The quantitative estimate of drug-likeness (QED) is 0.531. The molecule has 0 aliphatic carbocycles. The molecule has 0 saturated heterocycles. The third-order valence-electron chi connectivity index (χ3n) is 5.56. The van der Waals surface area contributed by atoms with Gasteiger partial charge >= 0.3 is 0 Å². The number of hydrogen-bond acceptors (Lipinski definition) is 4. The smallest absolute Gasteiger partial charge is 0.159 e. The summed E-state index contributed by atoms with van der Waals surface area (Å²) in [7, 11) is 0. The molecule has 6 heteroatoms. The van der Waals surface area contributed by atoms with E-state index in [1.807, 2.05) is 38.1 Å². The van der Waals surface area contributed by atoms with Crippen molar-refractivity contribution in [3.63, 3.8) is 0 Å². The fraction of sp³-hybridized carbons (Fsp3) is 0.192. The predicted octanol–water partition coefficient (Wildman–Crippen LogP) is 3.18. The van der Waals surface area contributed by atoms with Crippen molar-refractivity contribution < 1.29 is 0 Å². The molecule has 0 saturated carbocycles. The Morgan fingerprint density at radius 3 is 2.72 bits per heavy atom. The maximum absolute atomic E-state index is 4.94. The first-order chi connectivity index (χ1) is 15.6. The van der Waals surface area contributed by atoms with E-state index in [1.54, 1.807) is 18.5 Å². The van der Waals surface area contributed by atoms with Gasteiger partial charge in [0.1, 0.15) is 5.69 Å². The highest BCUT2D eigenvalue weighted by Gasteiger charge is 2.17. The van der Waals surface area contributed by atoms with Crippen LogP contribution in [0.3, 0.4) is 0 Å². The third kappa shape index (κ3) is 4.31. The van der Waals surface area contributed by atoms with E-state index in [9.17, 15) is 0 Å². The molecule has 0 radical (unpaired) electrons. The third-order valence-corrected chi connectivity index (χ3v) is 5.56. The number of H-pyrrole nitrogens is 2. The molecule has 32 heavy (non-hydrogen) atoms. The van der Waals surface area contributed by atoms with Crippen LogP contribution in [0.25, 0.3) is 29.2 Å². The molecular weight excluding hydrogens is 396 g/mol. The van der Waals surface area contributed by atoms with Crippen LogP contribution in [0.15, 0.2) is 67.1 Å². The summed E-state index contributed by atoms with van der Waals surface area (Å²) in [5.41, 5.74) is 6.88. The van der Waals surface area contributed by atoms with Gasteiger partial charge in [-0.15, -0.1) is 0 Å². The molecule has 0 amide bonds. The second kappa shape index (κ2) is 9.58. The molecule has 4 heterocycles. The van der Waals surface area contributed by atoms with Crippen molar-refractivity contribution in [3.05, 3.63) is 94.6 Å². The molecule has 0 bridgehead atoms. The number of imidazole rings is 1. The molecule has 4 rings (SSSR count). The Morgan fingerprint density at radius 2 is 2.03 bits per heavy atom. The summed E-state index contributed by atoms with van der Waals surface area (Å²) in [6.07, 6.45) is 14.6. The lowest BCUT2D eigenvalue weighted by atomic mass is 10.0. The van der Waals surface area contributed by atoms with Gasteiger partial charge in [0.05, 0.1) is 11.0 Å². The Labute approximate surface area is 187 Å². The molecule has 1 aliphatic heterocycles. The lowest BCUT2D eigenvalue weighted by Gasteiger charge is -2.13. The summed E-state index contributed by atoms with van der Waals surface area (Å²) >= 11 is 0. The second-order valence-corrected chi connectivity index (χ2v) is 7.65. The van der Waals surface area contributed by atoms with E-state index >= 15 is 0 Å². The number of allylic oxidation sites excluding steroid dienone is 3. The van der Waals surface area contributed by atoms with E-state index < -0.39 is 0 Å². The van der Waals surface area contributed by atoms with Gasteiger partial charge in [-0.1, -0.05) is 37.5 Å². The zero-order valence-electron chi connectivity index (χ0n) is 18.6. The first kappa shape index (κ1) is 21.5. The van der Waals surface area contributed by atoms with Crippen molar-refractivity contribution in [2.24, 2.45) is 0 Å². The monoisotopic (exact) mass is 424 g/mol. The second-order valence-electron chi connectivity index (χ2n) is 7.65. The highest BCUT2D eigenvalue weighted by Crippen LogP contribution is 2.26. The normalized spacial score (nSPS) is 15.7. The average Bonchev–Trinajstić information content (AvgIpc) is 3.41. The highest BCUT2D eigenvalue weighted by atomic mass is 15.1. The van der Waals surface area contributed by atoms with Gasteiger partial charge in [-0.05, 0) is 61.7 Å². The standard InChI is InChI=1S/C26H28N6/c1-5-7-21(20-10-14-28-15-11-20)24-18(4)29-26(30-24)25-22(23(6-2)31-32-25)16-17(3)19-8-12-27-13-9-19/h5-8,10-11,14-16,27,31H,1,3,9,12-13H2,2,4H3,(H,29,30)/b21-7-,22-16+,23-6+. The van der Waals surface area contributed by atoms with Gasteiger partial charge in [-0.25, -0.2) is 4.98 Å². The van der Waals surface area contributed by atoms with E-state index in [1.165, 1.54) is 5.57 Å². The maximum atomic E-state index is 4.94. The van der Waals surface area contributed by atoms with Gasteiger partial charge < -0.3 is 10.3 Å². The largest absolute Gasteiger partial charge is 0.340 e. The molecule has 162 valence electrons. The number of rotatable bonds is 6. The average molecular weight is 425 g/mol.